The number of fused-ring (bicyclic) bond motifs is 1. The molecule has 0 aromatic rings. The molecule has 2 saturated heterocycles. The fourth-order valence-electron chi connectivity index (χ4n) is 2.60. The van der Waals surface area contributed by atoms with Crippen LogP contribution >= 0.6 is 0 Å². The fourth-order valence-corrected chi connectivity index (χ4v) is 2.60. The standard InChI is InChI=1S/C9H17NO.2C2H6/c1-3-9-6-10(2)4-8(9)5-11-7-9;2*1-2/h8H,3-7H2,1-2H3;2*1-2H3. The fraction of sp³-hybridized carbons (Fsp3) is 1.00. The van der Waals surface area contributed by atoms with Gasteiger partial charge < -0.3 is 9.64 Å². The van der Waals surface area contributed by atoms with E-state index in [1.807, 2.05) is 27.7 Å². The highest BCUT2D eigenvalue weighted by molar-refractivity contribution is 4.97. The van der Waals surface area contributed by atoms with Crippen LogP contribution in [0.25, 0.3) is 0 Å². The summed E-state index contributed by atoms with van der Waals surface area (Å²) in [5.41, 5.74) is 0.523. The maximum Gasteiger partial charge on any atom is 0.0538 e. The van der Waals surface area contributed by atoms with Gasteiger partial charge in [0.15, 0.2) is 0 Å². The summed E-state index contributed by atoms with van der Waals surface area (Å²) in [6.45, 7) is 14.8. The minimum absolute atomic E-state index is 0.523. The minimum atomic E-state index is 0.523. The highest BCUT2D eigenvalue weighted by Crippen LogP contribution is 2.42. The van der Waals surface area contributed by atoms with Crippen molar-refractivity contribution in [2.75, 3.05) is 33.4 Å². The lowest BCUT2D eigenvalue weighted by atomic mass is 9.79. The molecule has 0 saturated carbocycles. The van der Waals surface area contributed by atoms with E-state index in [-0.39, 0.29) is 0 Å². The summed E-state index contributed by atoms with van der Waals surface area (Å²) in [4.78, 5) is 2.44. The molecule has 0 aromatic carbocycles. The molecular weight excluding hydrogens is 186 g/mol. The lowest BCUT2D eigenvalue weighted by Gasteiger charge is -2.24. The normalized spacial score (nSPS) is 33.6. The topological polar surface area (TPSA) is 12.5 Å². The summed E-state index contributed by atoms with van der Waals surface area (Å²) in [7, 11) is 2.22. The van der Waals surface area contributed by atoms with Gasteiger partial charge in [-0.3, -0.25) is 0 Å². The number of likely N-dealkylation sites (tertiary alicyclic amines) is 1. The Kier molecular flexibility index (Phi) is 7.20. The Labute approximate surface area is 96.0 Å². The molecule has 15 heavy (non-hydrogen) atoms. The van der Waals surface area contributed by atoms with E-state index in [0.29, 0.717) is 5.41 Å². The molecule has 92 valence electrons. The molecule has 2 unspecified atom stereocenters. The van der Waals surface area contributed by atoms with Crippen LogP contribution in [0, 0.1) is 11.3 Å². The van der Waals surface area contributed by atoms with Crippen molar-refractivity contribution in [2.45, 2.75) is 41.0 Å². The van der Waals surface area contributed by atoms with Crippen molar-refractivity contribution < 1.29 is 4.74 Å². The van der Waals surface area contributed by atoms with Crippen molar-refractivity contribution in [2.24, 2.45) is 11.3 Å². The zero-order chi connectivity index (χ0) is 11.9. The summed E-state index contributed by atoms with van der Waals surface area (Å²) in [5.74, 6) is 0.817. The van der Waals surface area contributed by atoms with Gasteiger partial charge in [0.1, 0.15) is 0 Å². The zero-order valence-electron chi connectivity index (χ0n) is 11.5. The van der Waals surface area contributed by atoms with E-state index in [0.717, 1.165) is 19.1 Å². The van der Waals surface area contributed by atoms with Crippen LogP contribution < -0.4 is 0 Å². The molecule has 2 rings (SSSR count). The first-order chi connectivity index (χ1) is 7.27. The lowest BCUT2D eigenvalue weighted by molar-refractivity contribution is 0.133. The van der Waals surface area contributed by atoms with Crippen LogP contribution in [0.3, 0.4) is 0 Å². The molecule has 0 radical (unpaired) electrons. The SMILES string of the molecule is CC.CC.CCC12COCC1CN(C)C2. The van der Waals surface area contributed by atoms with E-state index in [4.69, 9.17) is 4.74 Å². The van der Waals surface area contributed by atoms with Gasteiger partial charge in [-0.05, 0) is 13.5 Å². The largest absolute Gasteiger partial charge is 0.380 e. The highest BCUT2D eigenvalue weighted by Gasteiger charge is 2.47. The van der Waals surface area contributed by atoms with Gasteiger partial charge in [-0.2, -0.15) is 0 Å². The van der Waals surface area contributed by atoms with E-state index in [1.165, 1.54) is 19.5 Å². The predicted octanol–water partition coefficient (Wildman–Crippen LogP) is 3.03. The zero-order valence-corrected chi connectivity index (χ0v) is 11.5. The van der Waals surface area contributed by atoms with Crippen LogP contribution in [-0.2, 0) is 4.74 Å². The highest BCUT2D eigenvalue weighted by atomic mass is 16.5. The molecular formula is C13H29NO. The van der Waals surface area contributed by atoms with E-state index in [2.05, 4.69) is 18.9 Å². The van der Waals surface area contributed by atoms with Crippen LogP contribution in [0.1, 0.15) is 41.0 Å². The Balaban J connectivity index is 0.000000442. The Hall–Kier alpha value is -0.0800. The van der Waals surface area contributed by atoms with Crippen molar-refractivity contribution in [3.05, 3.63) is 0 Å². The lowest BCUT2D eigenvalue weighted by Crippen LogP contribution is -2.28. The predicted molar refractivity (Wildman–Crippen MR) is 67.2 cm³/mol. The van der Waals surface area contributed by atoms with E-state index in [1.54, 1.807) is 0 Å². The molecule has 2 fully saturated rings. The summed E-state index contributed by atoms with van der Waals surface area (Å²) in [6, 6.07) is 0. The maximum atomic E-state index is 5.53. The molecule has 0 N–H and O–H groups in total. The minimum Gasteiger partial charge on any atom is -0.380 e. The molecule has 0 amide bonds. The van der Waals surface area contributed by atoms with Gasteiger partial charge in [-0.15, -0.1) is 0 Å². The molecule has 2 aliphatic heterocycles. The van der Waals surface area contributed by atoms with Crippen molar-refractivity contribution in [3.8, 4) is 0 Å². The van der Waals surface area contributed by atoms with Crippen molar-refractivity contribution in [3.63, 3.8) is 0 Å². The second-order valence-corrected chi connectivity index (χ2v) is 4.12. The smallest absolute Gasteiger partial charge is 0.0538 e. The number of rotatable bonds is 1. The Bertz CT molecular complexity index is 161. The average molecular weight is 215 g/mol. The van der Waals surface area contributed by atoms with E-state index >= 15 is 0 Å². The third kappa shape index (κ3) is 3.18. The summed E-state index contributed by atoms with van der Waals surface area (Å²) in [6.07, 6.45) is 1.28. The Morgan fingerprint density at radius 2 is 1.87 bits per heavy atom. The van der Waals surface area contributed by atoms with Gasteiger partial charge in [0.25, 0.3) is 0 Å². The molecule has 2 heterocycles. The second kappa shape index (κ2) is 7.24. The van der Waals surface area contributed by atoms with Gasteiger partial charge >= 0.3 is 0 Å². The van der Waals surface area contributed by atoms with Crippen LogP contribution in [0.4, 0.5) is 0 Å². The average Bonchev–Trinajstić information content (AvgIpc) is 2.80. The van der Waals surface area contributed by atoms with Crippen LogP contribution in [0.2, 0.25) is 0 Å². The molecule has 0 aromatic heterocycles. The number of nitrogens with zero attached hydrogens (tertiary/aromatic N) is 1. The Morgan fingerprint density at radius 3 is 2.33 bits per heavy atom. The molecule has 0 aliphatic carbocycles. The van der Waals surface area contributed by atoms with Gasteiger partial charge in [0, 0.05) is 24.4 Å². The number of ether oxygens (including phenoxy) is 1. The molecule has 2 heteroatoms. The molecule has 0 bridgehead atoms. The third-order valence-corrected chi connectivity index (χ3v) is 3.40. The van der Waals surface area contributed by atoms with Crippen molar-refractivity contribution in [1.82, 2.24) is 4.90 Å². The summed E-state index contributed by atoms with van der Waals surface area (Å²) in [5, 5.41) is 0. The second-order valence-electron chi connectivity index (χ2n) is 4.12. The first-order valence-electron chi connectivity index (χ1n) is 6.53. The van der Waals surface area contributed by atoms with Crippen LogP contribution in [0.15, 0.2) is 0 Å². The quantitative estimate of drug-likeness (QED) is 0.666. The third-order valence-electron chi connectivity index (χ3n) is 3.40. The molecule has 2 nitrogen and oxygen atoms in total. The van der Waals surface area contributed by atoms with Gasteiger partial charge in [-0.25, -0.2) is 0 Å². The molecule has 0 spiro atoms. The first-order valence-corrected chi connectivity index (χ1v) is 6.53. The van der Waals surface area contributed by atoms with Gasteiger partial charge in [-0.1, -0.05) is 34.6 Å². The molecule has 2 atom stereocenters. The monoisotopic (exact) mass is 215 g/mol. The van der Waals surface area contributed by atoms with E-state index < -0.39 is 0 Å². The summed E-state index contributed by atoms with van der Waals surface area (Å²) < 4.78 is 5.53. The maximum absolute atomic E-state index is 5.53. The molecule has 2 aliphatic rings. The number of hydrogen-bond acceptors (Lipinski definition) is 2. The van der Waals surface area contributed by atoms with Crippen LogP contribution in [-0.4, -0.2) is 38.3 Å². The summed E-state index contributed by atoms with van der Waals surface area (Å²) >= 11 is 0. The van der Waals surface area contributed by atoms with E-state index in [9.17, 15) is 0 Å². The Morgan fingerprint density at radius 1 is 1.27 bits per heavy atom. The number of hydrogen-bond donors (Lipinski definition) is 0. The van der Waals surface area contributed by atoms with Gasteiger partial charge in [0.05, 0.1) is 13.2 Å². The van der Waals surface area contributed by atoms with Gasteiger partial charge in [0.2, 0.25) is 0 Å². The van der Waals surface area contributed by atoms with Crippen molar-refractivity contribution >= 4 is 0 Å². The first kappa shape index (κ1) is 14.9. The van der Waals surface area contributed by atoms with Crippen molar-refractivity contribution in [1.29, 1.82) is 0 Å². The van der Waals surface area contributed by atoms with Crippen LogP contribution in [0.5, 0.6) is 0 Å².